The quantitative estimate of drug-likeness (QED) is 0.339. The van der Waals surface area contributed by atoms with Gasteiger partial charge in [0.25, 0.3) is 5.91 Å². The zero-order chi connectivity index (χ0) is 22.7. The highest BCUT2D eigenvalue weighted by Crippen LogP contribution is 2.43. The maximum Gasteiger partial charge on any atom is 0.295 e. The van der Waals surface area contributed by atoms with Crippen molar-refractivity contribution < 1.29 is 29.2 Å². The van der Waals surface area contributed by atoms with E-state index in [1.165, 1.54) is 19.1 Å². The lowest BCUT2D eigenvalue weighted by Crippen LogP contribution is -2.30. The number of nitrogens with one attached hydrogen (secondary N) is 1. The lowest BCUT2D eigenvalue weighted by Gasteiger charge is -2.28. The number of Topliss-reactive ketones (excluding diaryl/α,β-unsaturated/α-hetero) is 1. The highest BCUT2D eigenvalue weighted by atomic mass is 16.5. The van der Waals surface area contributed by atoms with Crippen molar-refractivity contribution >= 4 is 17.4 Å². The van der Waals surface area contributed by atoms with E-state index >= 15 is 0 Å². The van der Waals surface area contributed by atoms with Gasteiger partial charge in [0.15, 0.2) is 12.4 Å². The Labute approximate surface area is 185 Å². The average Bonchev–Trinajstić information content (AvgIpc) is 3.09. The first kappa shape index (κ1) is 21.1. The Kier molecular flexibility index (Phi) is 5.89. The lowest BCUT2D eigenvalue weighted by atomic mass is 9.94. The number of ketones is 1. The third kappa shape index (κ3) is 3.80. The average molecular weight is 430 g/mol. The normalized spacial score (nSPS) is 17.4. The molecule has 1 unspecified atom stereocenters. The summed E-state index contributed by atoms with van der Waals surface area (Å²) in [6.45, 7) is 0.137. The standard InChI is InChI=1S/C25H22N2O5/c1-31-18-10-11-20(32-2)19(13-18)22-21(23(28)17-8-4-3-5-9-17)24(29)25(30)27(22)15-16-7-6-12-26-14-16/h3-14,22,28H,15H2,1-2H3/b23-21+. The van der Waals surface area contributed by atoms with Crippen LogP contribution in [0.1, 0.15) is 22.7 Å². The van der Waals surface area contributed by atoms with Crippen molar-refractivity contribution in [1.29, 1.82) is 0 Å². The summed E-state index contributed by atoms with van der Waals surface area (Å²) in [4.78, 5) is 30.6. The van der Waals surface area contributed by atoms with Gasteiger partial charge < -0.3 is 19.5 Å². The van der Waals surface area contributed by atoms with E-state index in [2.05, 4.69) is 4.98 Å². The zero-order valence-corrected chi connectivity index (χ0v) is 17.7. The molecule has 1 aromatic heterocycles. The van der Waals surface area contributed by atoms with Crippen LogP contribution >= 0.6 is 0 Å². The van der Waals surface area contributed by atoms with E-state index in [-0.39, 0.29) is 12.1 Å². The molecule has 1 aliphatic rings. The number of hydrogen-bond acceptors (Lipinski definition) is 5. The first-order chi connectivity index (χ1) is 15.5. The number of aromatic amines is 1. The first-order valence-electron chi connectivity index (χ1n) is 10.0. The smallest absolute Gasteiger partial charge is 0.295 e. The number of hydrogen-bond donors (Lipinski definition) is 0. The lowest BCUT2D eigenvalue weighted by molar-refractivity contribution is -0.378. The summed E-state index contributed by atoms with van der Waals surface area (Å²) in [6.07, 6.45) is 3.49. The number of H-pyrrole nitrogens is 1. The fraction of sp³-hybridized carbons (Fsp3) is 0.160. The Balaban J connectivity index is 1.93. The molecule has 3 aromatic rings. The van der Waals surface area contributed by atoms with Gasteiger partial charge in [-0.25, -0.2) is 4.98 Å². The van der Waals surface area contributed by atoms with E-state index in [4.69, 9.17) is 9.47 Å². The summed E-state index contributed by atoms with van der Waals surface area (Å²) < 4.78 is 10.9. The minimum absolute atomic E-state index is 0.104. The summed E-state index contributed by atoms with van der Waals surface area (Å²) >= 11 is 0. The van der Waals surface area contributed by atoms with Gasteiger partial charge in [0.05, 0.1) is 26.8 Å². The van der Waals surface area contributed by atoms with E-state index < -0.39 is 23.5 Å². The van der Waals surface area contributed by atoms with E-state index in [1.54, 1.807) is 67.0 Å². The van der Waals surface area contributed by atoms with Crippen molar-refractivity contribution in [1.82, 2.24) is 4.90 Å². The SMILES string of the molecule is COc1ccc(OC)c(C2/C(=C(\[O-])c3ccccc3)C(=O)C(=O)N2Cc2ccc[nH+]c2)c1. The van der Waals surface area contributed by atoms with Crippen LogP contribution in [0.25, 0.3) is 5.76 Å². The van der Waals surface area contributed by atoms with Crippen molar-refractivity contribution in [2.24, 2.45) is 0 Å². The van der Waals surface area contributed by atoms with Crippen LogP contribution in [0.3, 0.4) is 0 Å². The number of pyridine rings is 1. The van der Waals surface area contributed by atoms with E-state index in [9.17, 15) is 14.7 Å². The maximum atomic E-state index is 13.4. The minimum atomic E-state index is -0.923. The highest BCUT2D eigenvalue weighted by molar-refractivity contribution is 6.46. The van der Waals surface area contributed by atoms with Crippen LogP contribution in [0.4, 0.5) is 0 Å². The van der Waals surface area contributed by atoms with Crippen molar-refractivity contribution in [3.63, 3.8) is 0 Å². The zero-order valence-electron chi connectivity index (χ0n) is 17.7. The molecule has 7 nitrogen and oxygen atoms in total. The predicted octanol–water partition coefficient (Wildman–Crippen LogP) is 1.94. The molecule has 1 fully saturated rings. The van der Waals surface area contributed by atoms with Crippen LogP contribution in [-0.2, 0) is 16.1 Å². The van der Waals surface area contributed by atoms with Gasteiger partial charge in [0.1, 0.15) is 11.5 Å². The van der Waals surface area contributed by atoms with Gasteiger partial charge in [0, 0.05) is 22.8 Å². The molecule has 162 valence electrons. The molecule has 1 N–H and O–H groups in total. The monoisotopic (exact) mass is 430 g/mol. The van der Waals surface area contributed by atoms with Crippen molar-refractivity contribution in [2.75, 3.05) is 14.2 Å². The highest BCUT2D eigenvalue weighted by Gasteiger charge is 2.45. The van der Waals surface area contributed by atoms with Gasteiger partial charge in [-0.3, -0.25) is 9.59 Å². The summed E-state index contributed by atoms with van der Waals surface area (Å²) in [6, 6.07) is 16.3. The number of amides is 1. The van der Waals surface area contributed by atoms with Crippen molar-refractivity contribution in [2.45, 2.75) is 12.6 Å². The summed E-state index contributed by atoms with van der Waals surface area (Å²) in [5.41, 5.74) is 1.53. The Morgan fingerprint density at radius 2 is 1.81 bits per heavy atom. The molecule has 1 saturated heterocycles. The van der Waals surface area contributed by atoms with Crippen LogP contribution in [-0.4, -0.2) is 30.8 Å². The third-order valence-corrected chi connectivity index (χ3v) is 5.42. The van der Waals surface area contributed by atoms with E-state index in [1.807, 2.05) is 6.07 Å². The van der Waals surface area contributed by atoms with Gasteiger partial charge in [-0.05, 0) is 29.8 Å². The Morgan fingerprint density at radius 1 is 1.03 bits per heavy atom. The number of carbonyl (C=O) groups is 2. The molecule has 0 saturated carbocycles. The number of aromatic nitrogens is 1. The number of benzene rings is 2. The molecule has 1 amide bonds. The molecule has 0 bridgehead atoms. The predicted molar refractivity (Wildman–Crippen MR) is 114 cm³/mol. The number of methoxy groups -OCH3 is 2. The first-order valence-corrected chi connectivity index (χ1v) is 10.0. The summed E-state index contributed by atoms with van der Waals surface area (Å²) in [5, 5.41) is 13.4. The molecule has 2 heterocycles. The van der Waals surface area contributed by atoms with Gasteiger partial charge in [-0.15, -0.1) is 0 Å². The van der Waals surface area contributed by atoms with Crippen LogP contribution in [0.15, 0.2) is 78.6 Å². The maximum absolute atomic E-state index is 13.4. The Hall–Kier alpha value is -4.13. The molecule has 2 aromatic carbocycles. The van der Waals surface area contributed by atoms with Crippen LogP contribution in [0.5, 0.6) is 11.5 Å². The van der Waals surface area contributed by atoms with Crippen molar-refractivity contribution in [3.05, 3.63) is 95.3 Å². The van der Waals surface area contributed by atoms with Crippen molar-refractivity contribution in [3.8, 4) is 11.5 Å². The fourth-order valence-corrected chi connectivity index (χ4v) is 3.88. The number of rotatable bonds is 6. The molecule has 1 aliphatic heterocycles. The second-order valence-corrected chi connectivity index (χ2v) is 7.29. The fourth-order valence-electron chi connectivity index (χ4n) is 3.88. The number of nitrogens with zero attached hydrogens (tertiary/aromatic N) is 1. The molecule has 0 aliphatic carbocycles. The molecule has 0 radical (unpaired) electrons. The Morgan fingerprint density at radius 3 is 2.47 bits per heavy atom. The molecular formula is C25H22N2O5. The molecule has 1 atom stereocenters. The van der Waals surface area contributed by atoms with E-state index in [0.29, 0.717) is 22.6 Å². The Bertz CT molecular complexity index is 1180. The summed E-state index contributed by atoms with van der Waals surface area (Å²) in [5.74, 6) is -1.06. The topological polar surface area (TPSA) is 93.0 Å². The molecule has 4 rings (SSSR count). The van der Waals surface area contributed by atoms with Crippen LogP contribution in [0, 0.1) is 0 Å². The largest absolute Gasteiger partial charge is 0.872 e. The molecular weight excluding hydrogens is 408 g/mol. The second kappa shape index (κ2) is 8.93. The number of ether oxygens (including phenoxy) is 2. The van der Waals surface area contributed by atoms with Gasteiger partial charge in [-0.2, -0.15) is 0 Å². The number of likely N-dealkylation sites (tertiary alicyclic amines) is 1. The van der Waals surface area contributed by atoms with Gasteiger partial charge in [0.2, 0.25) is 5.78 Å². The second-order valence-electron chi connectivity index (χ2n) is 7.29. The molecule has 0 spiro atoms. The minimum Gasteiger partial charge on any atom is -0.872 e. The molecule has 32 heavy (non-hydrogen) atoms. The third-order valence-electron chi connectivity index (χ3n) is 5.42. The van der Waals surface area contributed by atoms with Crippen LogP contribution in [0.2, 0.25) is 0 Å². The van der Waals surface area contributed by atoms with E-state index in [0.717, 1.165) is 5.56 Å². The van der Waals surface area contributed by atoms with Crippen LogP contribution < -0.4 is 19.6 Å². The molecule has 7 heteroatoms. The summed E-state index contributed by atoms with van der Waals surface area (Å²) in [7, 11) is 3.02. The van der Waals surface area contributed by atoms with Gasteiger partial charge >= 0.3 is 0 Å². The number of carbonyl (C=O) groups excluding carboxylic acids is 2. The van der Waals surface area contributed by atoms with Gasteiger partial charge in [-0.1, -0.05) is 36.1 Å².